The van der Waals surface area contributed by atoms with Crippen molar-refractivity contribution >= 4 is 17.9 Å². The van der Waals surface area contributed by atoms with Gasteiger partial charge in [-0.25, -0.2) is 5.43 Å². The second-order valence-corrected chi connectivity index (χ2v) is 4.05. The van der Waals surface area contributed by atoms with Crippen LogP contribution in [-0.2, 0) is 4.79 Å². The van der Waals surface area contributed by atoms with Crippen LogP contribution in [0.1, 0.15) is 16.8 Å². The fourth-order valence-corrected chi connectivity index (χ4v) is 1.33. The Morgan fingerprint density at radius 3 is 2.45 bits per heavy atom. The van der Waals surface area contributed by atoms with Gasteiger partial charge in [0.15, 0.2) is 5.78 Å². The topological polar surface area (TPSA) is 119 Å². The highest BCUT2D eigenvalue weighted by atomic mass is 16.4. The molecule has 0 fully saturated rings. The molecule has 20 heavy (non-hydrogen) atoms. The van der Waals surface area contributed by atoms with E-state index < -0.39 is 36.9 Å². The van der Waals surface area contributed by atoms with Crippen molar-refractivity contribution in [3.63, 3.8) is 0 Å². The molecule has 0 radical (unpaired) electrons. The van der Waals surface area contributed by atoms with Gasteiger partial charge in [-0.15, -0.1) is 0 Å². The molecule has 7 heteroatoms. The van der Waals surface area contributed by atoms with E-state index in [-0.39, 0.29) is 0 Å². The largest absolute Gasteiger partial charge is 0.394 e. The van der Waals surface area contributed by atoms with Crippen LogP contribution in [0.5, 0.6) is 0 Å². The molecule has 7 nitrogen and oxygen atoms in total. The number of aliphatic hydroxyl groups excluding tert-OH is 3. The van der Waals surface area contributed by atoms with Crippen molar-refractivity contribution in [1.82, 2.24) is 5.43 Å². The number of amides is 1. The van der Waals surface area contributed by atoms with Crippen LogP contribution in [0.3, 0.4) is 0 Å². The van der Waals surface area contributed by atoms with Crippen LogP contribution in [0.2, 0.25) is 0 Å². The van der Waals surface area contributed by atoms with Crippen molar-refractivity contribution in [3.05, 3.63) is 35.9 Å². The maximum absolute atomic E-state index is 11.5. The van der Waals surface area contributed by atoms with Crippen molar-refractivity contribution in [2.24, 2.45) is 5.10 Å². The van der Waals surface area contributed by atoms with Crippen LogP contribution >= 0.6 is 0 Å². The fraction of sp³-hybridized carbons (Fsp3) is 0.308. The van der Waals surface area contributed by atoms with Crippen molar-refractivity contribution in [2.45, 2.75) is 18.6 Å². The fourth-order valence-electron chi connectivity index (χ4n) is 1.33. The second-order valence-electron chi connectivity index (χ2n) is 4.05. The van der Waals surface area contributed by atoms with E-state index in [1.165, 1.54) is 0 Å². The average Bonchev–Trinajstić information content (AvgIpc) is 2.47. The summed E-state index contributed by atoms with van der Waals surface area (Å²) in [5, 5.41) is 30.4. The first-order valence-electron chi connectivity index (χ1n) is 5.93. The van der Waals surface area contributed by atoms with Crippen molar-refractivity contribution in [1.29, 1.82) is 0 Å². The third kappa shape index (κ3) is 5.27. The minimum Gasteiger partial charge on any atom is -0.394 e. The standard InChI is InChI=1S/C13H16N2O5/c16-8-12(19)11(18)6-10(17)7-14-15-13(20)9-4-2-1-3-5-9/h1-5,7,11-12,16,18-19H,6,8H2,(H,15,20)/t11-,12+/m0/s1. The Labute approximate surface area is 115 Å². The van der Waals surface area contributed by atoms with Gasteiger partial charge in [-0.05, 0) is 12.1 Å². The van der Waals surface area contributed by atoms with Crippen LogP contribution in [0.15, 0.2) is 35.4 Å². The minimum atomic E-state index is -1.38. The molecule has 1 amide bonds. The van der Waals surface area contributed by atoms with Gasteiger partial charge in [-0.2, -0.15) is 5.10 Å². The van der Waals surface area contributed by atoms with E-state index in [1.807, 2.05) is 0 Å². The van der Waals surface area contributed by atoms with Gasteiger partial charge in [-0.3, -0.25) is 9.59 Å². The molecule has 0 saturated heterocycles. The molecule has 2 atom stereocenters. The Balaban J connectivity index is 2.41. The maximum atomic E-state index is 11.5. The molecule has 1 aromatic rings. The highest BCUT2D eigenvalue weighted by Gasteiger charge is 2.17. The Bertz CT molecular complexity index is 475. The quantitative estimate of drug-likeness (QED) is 0.380. The summed E-state index contributed by atoms with van der Waals surface area (Å²) in [6, 6.07) is 8.33. The number of carbonyl (C=O) groups excluding carboxylic acids is 2. The summed E-state index contributed by atoms with van der Waals surface area (Å²) >= 11 is 0. The number of aliphatic hydroxyl groups is 3. The lowest BCUT2D eigenvalue weighted by molar-refractivity contribution is -0.116. The van der Waals surface area contributed by atoms with Gasteiger partial charge in [-0.1, -0.05) is 18.2 Å². The summed E-state index contributed by atoms with van der Waals surface area (Å²) in [5.74, 6) is -1.05. The molecule has 0 aliphatic rings. The number of hydrogen-bond donors (Lipinski definition) is 4. The van der Waals surface area contributed by atoms with Crippen LogP contribution in [-0.4, -0.2) is 52.0 Å². The lowest BCUT2D eigenvalue weighted by Gasteiger charge is -2.12. The number of nitrogens with one attached hydrogen (secondary N) is 1. The molecule has 108 valence electrons. The van der Waals surface area contributed by atoms with Gasteiger partial charge in [0.1, 0.15) is 6.10 Å². The summed E-state index contributed by atoms with van der Waals surface area (Å²) in [7, 11) is 0. The summed E-state index contributed by atoms with van der Waals surface area (Å²) in [5.41, 5.74) is 2.56. The number of hydrazone groups is 1. The number of ketones is 1. The van der Waals surface area contributed by atoms with E-state index in [0.29, 0.717) is 5.56 Å². The number of carbonyl (C=O) groups is 2. The van der Waals surface area contributed by atoms with Gasteiger partial charge < -0.3 is 15.3 Å². The molecule has 0 aromatic heterocycles. The van der Waals surface area contributed by atoms with Crippen LogP contribution in [0, 0.1) is 0 Å². The zero-order chi connectivity index (χ0) is 15.0. The Morgan fingerprint density at radius 1 is 1.20 bits per heavy atom. The first-order chi connectivity index (χ1) is 9.54. The maximum Gasteiger partial charge on any atom is 0.271 e. The van der Waals surface area contributed by atoms with Crippen LogP contribution < -0.4 is 5.43 Å². The van der Waals surface area contributed by atoms with Crippen molar-refractivity contribution in [3.8, 4) is 0 Å². The van der Waals surface area contributed by atoms with E-state index in [0.717, 1.165) is 6.21 Å². The molecule has 0 heterocycles. The smallest absolute Gasteiger partial charge is 0.271 e. The summed E-state index contributed by atoms with van der Waals surface area (Å²) in [6.45, 7) is -0.643. The molecular weight excluding hydrogens is 264 g/mol. The van der Waals surface area contributed by atoms with E-state index in [4.69, 9.17) is 10.2 Å². The highest BCUT2D eigenvalue weighted by molar-refractivity contribution is 6.27. The Morgan fingerprint density at radius 2 is 1.85 bits per heavy atom. The monoisotopic (exact) mass is 280 g/mol. The highest BCUT2D eigenvalue weighted by Crippen LogP contribution is 1.99. The molecule has 0 aliphatic heterocycles. The first kappa shape index (κ1) is 16.0. The SMILES string of the molecule is O=C(C=NNC(=O)c1ccccc1)C[C@H](O)[C@H](O)CO. The van der Waals surface area contributed by atoms with E-state index in [2.05, 4.69) is 10.5 Å². The van der Waals surface area contributed by atoms with Gasteiger partial charge in [0.05, 0.1) is 18.9 Å². The molecule has 1 aromatic carbocycles. The van der Waals surface area contributed by atoms with Crippen molar-refractivity contribution < 1.29 is 24.9 Å². The minimum absolute atomic E-state index is 0.396. The summed E-state index contributed by atoms with van der Waals surface area (Å²) < 4.78 is 0. The number of nitrogens with zero attached hydrogens (tertiary/aromatic N) is 1. The predicted octanol–water partition coefficient (Wildman–Crippen LogP) is -0.925. The molecule has 0 saturated carbocycles. The van der Waals surface area contributed by atoms with Crippen molar-refractivity contribution in [2.75, 3.05) is 6.61 Å². The third-order valence-corrected chi connectivity index (χ3v) is 2.45. The molecular formula is C13H16N2O5. The lowest BCUT2D eigenvalue weighted by Crippen LogP contribution is -2.31. The van der Waals surface area contributed by atoms with Gasteiger partial charge >= 0.3 is 0 Å². The van der Waals surface area contributed by atoms with Gasteiger partial charge in [0.25, 0.3) is 5.91 Å². The van der Waals surface area contributed by atoms with Gasteiger partial charge in [0, 0.05) is 12.0 Å². The lowest BCUT2D eigenvalue weighted by atomic mass is 10.1. The Kier molecular flexibility index (Phi) is 6.51. The zero-order valence-corrected chi connectivity index (χ0v) is 10.6. The normalized spacial score (nSPS) is 13.9. The molecule has 0 unspecified atom stereocenters. The summed E-state index contributed by atoms with van der Waals surface area (Å²) in [4.78, 5) is 22.9. The second kappa shape index (κ2) is 8.16. The molecule has 0 bridgehead atoms. The molecule has 0 aliphatic carbocycles. The van der Waals surface area contributed by atoms with E-state index >= 15 is 0 Å². The van der Waals surface area contributed by atoms with Crippen LogP contribution in [0.4, 0.5) is 0 Å². The molecule has 1 rings (SSSR count). The number of Topliss-reactive ketones (excluding diaryl/α,β-unsaturated/α-hetero) is 1. The number of rotatable bonds is 7. The Hall–Kier alpha value is -2.09. The first-order valence-corrected chi connectivity index (χ1v) is 5.93. The average molecular weight is 280 g/mol. The molecule has 4 N–H and O–H groups in total. The number of benzene rings is 1. The van der Waals surface area contributed by atoms with Crippen LogP contribution in [0.25, 0.3) is 0 Å². The van der Waals surface area contributed by atoms with Gasteiger partial charge in [0.2, 0.25) is 0 Å². The predicted molar refractivity (Wildman–Crippen MR) is 71.1 cm³/mol. The zero-order valence-electron chi connectivity index (χ0n) is 10.6. The van der Waals surface area contributed by atoms with E-state index in [9.17, 15) is 14.7 Å². The third-order valence-electron chi connectivity index (χ3n) is 2.45. The summed E-state index contributed by atoms with van der Waals surface area (Å²) in [6.07, 6.45) is -2.31. The number of hydrogen-bond acceptors (Lipinski definition) is 6. The molecule has 0 spiro atoms. The van der Waals surface area contributed by atoms with E-state index in [1.54, 1.807) is 30.3 Å².